The Hall–Kier alpha value is -4.48. The lowest BCUT2D eigenvalue weighted by Crippen LogP contribution is -2.44. The zero-order valence-electron chi connectivity index (χ0n) is 18.9. The lowest BCUT2D eigenvalue weighted by Gasteiger charge is -2.16. The largest absolute Gasteiger partial charge is 0.248 e. The number of aromatic nitrogens is 1. The van der Waals surface area contributed by atoms with Crippen LogP contribution < -0.4 is 4.57 Å². The van der Waals surface area contributed by atoms with Crippen molar-refractivity contribution in [2.24, 2.45) is 0 Å². The van der Waals surface area contributed by atoms with E-state index in [9.17, 15) is 5.26 Å². The summed E-state index contributed by atoms with van der Waals surface area (Å²) in [5.41, 5.74) is 7.67. The van der Waals surface area contributed by atoms with Crippen LogP contribution >= 0.6 is 0 Å². The predicted octanol–water partition coefficient (Wildman–Crippen LogP) is 7.28. The average Bonchev–Trinajstić information content (AvgIpc) is 2.93. The third-order valence-corrected chi connectivity index (χ3v) is 6.08. The van der Waals surface area contributed by atoms with E-state index >= 15 is 0 Å². The van der Waals surface area contributed by atoms with Crippen molar-refractivity contribution in [2.75, 3.05) is 0 Å². The van der Waals surface area contributed by atoms with Gasteiger partial charge in [0.1, 0.15) is 6.07 Å². The van der Waals surface area contributed by atoms with Gasteiger partial charge in [0.05, 0.1) is 0 Å². The Morgan fingerprint density at radius 2 is 0.941 bits per heavy atom. The number of rotatable bonds is 6. The molecule has 4 aromatic carbocycles. The molecule has 0 saturated heterocycles. The fraction of sp³-hybridized carbons (Fsp3) is 0.0625. The minimum Gasteiger partial charge on any atom is -0.191 e. The molecular formula is C32H25N2+. The first-order chi connectivity index (χ1) is 16.8. The van der Waals surface area contributed by atoms with Crippen LogP contribution in [0.2, 0.25) is 0 Å². The summed E-state index contributed by atoms with van der Waals surface area (Å²) in [5, 5.41) is 10.4. The highest BCUT2D eigenvalue weighted by Crippen LogP contribution is 2.31. The Labute approximate surface area is 201 Å². The Morgan fingerprint density at radius 3 is 1.38 bits per heavy atom. The van der Waals surface area contributed by atoms with E-state index in [4.69, 9.17) is 0 Å². The molecule has 0 aliphatic carbocycles. The molecule has 0 radical (unpaired) electrons. The second kappa shape index (κ2) is 9.98. The van der Waals surface area contributed by atoms with Crippen LogP contribution in [0.1, 0.15) is 11.6 Å². The van der Waals surface area contributed by atoms with Crippen LogP contribution in [0.25, 0.3) is 33.6 Å². The summed E-state index contributed by atoms with van der Waals surface area (Å²) >= 11 is 0. The van der Waals surface area contributed by atoms with Crippen LogP contribution in [0, 0.1) is 11.3 Å². The molecule has 1 aromatic heterocycles. The van der Waals surface area contributed by atoms with Gasteiger partial charge in [0.2, 0.25) is 17.4 Å². The van der Waals surface area contributed by atoms with Crippen LogP contribution in [0.5, 0.6) is 0 Å². The Balaban J connectivity index is 1.79. The van der Waals surface area contributed by atoms with Gasteiger partial charge in [-0.05, 0) is 41.0 Å². The Kier molecular flexibility index (Phi) is 6.27. The van der Waals surface area contributed by atoms with Crippen molar-refractivity contribution >= 4 is 0 Å². The second-order valence-corrected chi connectivity index (χ2v) is 8.32. The second-order valence-electron chi connectivity index (χ2n) is 8.32. The maximum atomic E-state index is 10.4. The van der Waals surface area contributed by atoms with E-state index in [2.05, 4.69) is 108 Å². The van der Waals surface area contributed by atoms with Crippen molar-refractivity contribution in [3.05, 3.63) is 139 Å². The topological polar surface area (TPSA) is 27.7 Å². The number of benzene rings is 4. The van der Waals surface area contributed by atoms with Crippen molar-refractivity contribution in [2.45, 2.75) is 12.5 Å². The van der Waals surface area contributed by atoms with E-state index in [0.717, 1.165) is 39.2 Å². The molecule has 0 N–H and O–H groups in total. The van der Waals surface area contributed by atoms with Crippen LogP contribution in [0.4, 0.5) is 0 Å². The van der Waals surface area contributed by atoms with Crippen molar-refractivity contribution in [3.63, 3.8) is 0 Å². The molecule has 5 rings (SSSR count). The van der Waals surface area contributed by atoms with Gasteiger partial charge < -0.3 is 0 Å². The van der Waals surface area contributed by atoms with Gasteiger partial charge in [-0.2, -0.15) is 9.83 Å². The highest BCUT2D eigenvalue weighted by molar-refractivity contribution is 5.73. The number of hydrogen-bond donors (Lipinski definition) is 0. The number of hydrogen-bond acceptors (Lipinski definition) is 1. The summed E-state index contributed by atoms with van der Waals surface area (Å²) < 4.78 is 2.21. The zero-order valence-corrected chi connectivity index (χ0v) is 18.9. The van der Waals surface area contributed by atoms with Gasteiger partial charge in [-0.15, -0.1) is 0 Å². The van der Waals surface area contributed by atoms with Gasteiger partial charge in [-0.1, -0.05) is 97.1 Å². The lowest BCUT2D eigenvalue weighted by atomic mass is 9.97. The van der Waals surface area contributed by atoms with Crippen molar-refractivity contribution in [3.8, 4) is 39.7 Å². The Morgan fingerprint density at radius 1 is 0.529 bits per heavy atom. The van der Waals surface area contributed by atoms with E-state index in [0.29, 0.717) is 6.42 Å². The van der Waals surface area contributed by atoms with Crippen molar-refractivity contribution < 1.29 is 4.57 Å². The van der Waals surface area contributed by atoms with E-state index < -0.39 is 0 Å². The molecule has 1 unspecified atom stereocenters. The molecule has 2 nitrogen and oxygen atoms in total. The molecule has 0 saturated carbocycles. The Bertz CT molecular complexity index is 1340. The normalized spacial score (nSPS) is 11.5. The summed E-state index contributed by atoms with van der Waals surface area (Å²) in [4.78, 5) is 0. The molecule has 1 heterocycles. The fourth-order valence-electron chi connectivity index (χ4n) is 4.43. The summed E-state index contributed by atoms with van der Waals surface area (Å²) in [6, 6.07) is 48.1. The van der Waals surface area contributed by atoms with Gasteiger partial charge in [-0.25, -0.2) is 0 Å². The molecule has 0 aliphatic rings. The first kappa shape index (κ1) is 21.4. The highest BCUT2D eigenvalue weighted by Gasteiger charge is 2.30. The summed E-state index contributed by atoms with van der Waals surface area (Å²) in [5.74, 6) is 0. The van der Waals surface area contributed by atoms with Gasteiger partial charge in [0.25, 0.3) is 0 Å². The molecule has 0 fully saturated rings. The quantitative estimate of drug-likeness (QED) is 0.256. The molecule has 2 heteroatoms. The molecular weight excluding hydrogens is 412 g/mol. The predicted molar refractivity (Wildman–Crippen MR) is 138 cm³/mol. The van der Waals surface area contributed by atoms with E-state index in [-0.39, 0.29) is 6.04 Å². The van der Waals surface area contributed by atoms with Crippen LogP contribution in [-0.2, 0) is 6.42 Å². The average molecular weight is 438 g/mol. The van der Waals surface area contributed by atoms with Crippen LogP contribution in [0.3, 0.4) is 0 Å². The summed E-state index contributed by atoms with van der Waals surface area (Å²) in [7, 11) is 0. The standard InChI is InChI=1S/C32H25N2/c33-24-30(21-25-13-5-1-6-14-25)34-31(27-17-9-3-10-18-27)22-29(26-15-7-2-8-16-26)23-32(34)28-19-11-4-12-20-28/h1-20,22-23,30H,21H2/q+1. The smallest absolute Gasteiger partial charge is 0.191 e. The third-order valence-electron chi connectivity index (χ3n) is 6.08. The number of nitrogens with zero attached hydrogens (tertiary/aromatic N) is 2. The fourth-order valence-corrected chi connectivity index (χ4v) is 4.43. The van der Waals surface area contributed by atoms with Crippen molar-refractivity contribution in [1.82, 2.24) is 0 Å². The minimum absolute atomic E-state index is 0.363. The van der Waals surface area contributed by atoms with Crippen LogP contribution in [-0.4, -0.2) is 0 Å². The maximum absolute atomic E-state index is 10.4. The van der Waals surface area contributed by atoms with Gasteiger partial charge in [-0.3, -0.25) is 0 Å². The lowest BCUT2D eigenvalue weighted by molar-refractivity contribution is -0.688. The molecule has 1 atom stereocenters. The molecule has 0 bridgehead atoms. The summed E-state index contributed by atoms with van der Waals surface area (Å²) in [6.07, 6.45) is 0.631. The number of nitriles is 1. The minimum atomic E-state index is -0.363. The van der Waals surface area contributed by atoms with Crippen LogP contribution in [0.15, 0.2) is 133 Å². The summed E-state index contributed by atoms with van der Waals surface area (Å²) in [6.45, 7) is 0. The maximum Gasteiger partial charge on any atom is 0.248 e. The van der Waals surface area contributed by atoms with Gasteiger partial charge in [0.15, 0.2) is 0 Å². The van der Waals surface area contributed by atoms with E-state index in [1.807, 2.05) is 36.4 Å². The SMILES string of the molecule is N#CC(Cc1ccccc1)[n+]1c(-c2ccccc2)cc(-c2ccccc2)cc1-c1ccccc1. The van der Waals surface area contributed by atoms with Crippen molar-refractivity contribution in [1.29, 1.82) is 5.26 Å². The number of pyridine rings is 1. The molecule has 34 heavy (non-hydrogen) atoms. The highest BCUT2D eigenvalue weighted by atomic mass is 15.0. The van der Waals surface area contributed by atoms with E-state index in [1.54, 1.807) is 0 Å². The van der Waals surface area contributed by atoms with Gasteiger partial charge >= 0.3 is 0 Å². The molecule has 5 aromatic rings. The third kappa shape index (κ3) is 4.51. The molecule has 162 valence electrons. The molecule has 0 amide bonds. The monoisotopic (exact) mass is 437 g/mol. The van der Waals surface area contributed by atoms with Gasteiger partial charge in [0, 0.05) is 29.7 Å². The molecule has 0 spiro atoms. The van der Waals surface area contributed by atoms with E-state index in [1.165, 1.54) is 0 Å². The first-order valence-electron chi connectivity index (χ1n) is 11.5. The first-order valence-corrected chi connectivity index (χ1v) is 11.5. The zero-order chi connectivity index (χ0) is 23.2. The molecule has 0 aliphatic heterocycles.